The van der Waals surface area contributed by atoms with Crippen molar-refractivity contribution >= 4 is 5.91 Å². The molecule has 1 amide bonds. The summed E-state index contributed by atoms with van der Waals surface area (Å²) in [6.45, 7) is 9.58. The molecule has 0 atom stereocenters. The van der Waals surface area contributed by atoms with Gasteiger partial charge in [-0.3, -0.25) is 9.69 Å². The zero-order valence-corrected chi connectivity index (χ0v) is 13.5. The molecule has 0 bridgehead atoms. The molecule has 0 aromatic heterocycles. The van der Waals surface area contributed by atoms with Gasteiger partial charge in [0.15, 0.2) is 0 Å². The summed E-state index contributed by atoms with van der Waals surface area (Å²) in [7, 11) is 0. The van der Waals surface area contributed by atoms with E-state index in [1.54, 1.807) is 6.20 Å². The van der Waals surface area contributed by atoms with Crippen molar-refractivity contribution in [2.24, 2.45) is 5.92 Å². The van der Waals surface area contributed by atoms with Crippen LogP contribution in [0.5, 0.6) is 0 Å². The van der Waals surface area contributed by atoms with Crippen molar-refractivity contribution in [2.75, 3.05) is 52.4 Å². The van der Waals surface area contributed by atoms with Crippen LogP contribution < -0.4 is 10.6 Å². The summed E-state index contributed by atoms with van der Waals surface area (Å²) < 4.78 is 0. The minimum absolute atomic E-state index is 0.217. The van der Waals surface area contributed by atoms with E-state index in [2.05, 4.69) is 27.4 Å². The van der Waals surface area contributed by atoms with E-state index >= 15 is 0 Å². The van der Waals surface area contributed by atoms with Crippen molar-refractivity contribution in [3.63, 3.8) is 0 Å². The zero-order valence-electron chi connectivity index (χ0n) is 13.5. The summed E-state index contributed by atoms with van der Waals surface area (Å²) in [6, 6.07) is 2.03. The maximum Gasteiger partial charge on any atom is 0.263 e. The van der Waals surface area contributed by atoms with Gasteiger partial charge in [0.25, 0.3) is 5.91 Å². The smallest absolute Gasteiger partial charge is 0.263 e. The van der Waals surface area contributed by atoms with Gasteiger partial charge in [0, 0.05) is 58.6 Å². The predicted octanol–water partition coefficient (Wildman–Crippen LogP) is 0.147. The molecule has 6 heteroatoms. The number of nitrogens with zero attached hydrogens (tertiary/aromatic N) is 3. The average Bonchev–Trinajstić information content (AvgIpc) is 2.55. The van der Waals surface area contributed by atoms with E-state index in [1.807, 2.05) is 6.07 Å². The van der Waals surface area contributed by atoms with E-state index in [0.717, 1.165) is 64.6 Å². The van der Waals surface area contributed by atoms with Crippen molar-refractivity contribution in [3.05, 3.63) is 11.8 Å². The Morgan fingerprint density at radius 2 is 2.00 bits per heavy atom. The van der Waals surface area contributed by atoms with Crippen LogP contribution in [0, 0.1) is 17.2 Å². The van der Waals surface area contributed by atoms with Gasteiger partial charge in [0.2, 0.25) is 0 Å². The zero-order chi connectivity index (χ0) is 15.8. The fourth-order valence-corrected chi connectivity index (χ4v) is 2.84. The lowest BCUT2D eigenvalue weighted by atomic mass is 9.99. The Morgan fingerprint density at radius 3 is 2.64 bits per heavy atom. The molecule has 22 heavy (non-hydrogen) atoms. The molecular formula is C16H27N5O. The number of nitrogens with one attached hydrogen (secondary N) is 2. The van der Waals surface area contributed by atoms with E-state index in [1.165, 1.54) is 0 Å². The second-order valence-electron chi connectivity index (χ2n) is 6.22. The summed E-state index contributed by atoms with van der Waals surface area (Å²) in [5.74, 6) is 0.485. The van der Waals surface area contributed by atoms with E-state index < -0.39 is 0 Å². The minimum atomic E-state index is -0.253. The Kier molecular flexibility index (Phi) is 6.69. The predicted molar refractivity (Wildman–Crippen MR) is 86.0 cm³/mol. The first-order chi connectivity index (χ1) is 10.7. The Morgan fingerprint density at radius 1 is 1.32 bits per heavy atom. The standard InChI is InChI=1S/C16H27N5O/c1-14-2-7-21(8-3-14)13-15(12-17)16(22)19-6-11-20-9-4-18-5-10-20/h13-14,18H,2-11H2,1H3,(H,19,22)/b15-13-. The summed E-state index contributed by atoms with van der Waals surface area (Å²) in [6.07, 6.45) is 3.98. The molecule has 0 aliphatic carbocycles. The molecule has 0 radical (unpaired) electrons. The van der Waals surface area contributed by atoms with E-state index in [9.17, 15) is 10.1 Å². The molecule has 0 unspecified atom stereocenters. The molecule has 2 N–H and O–H groups in total. The van der Waals surface area contributed by atoms with Gasteiger partial charge >= 0.3 is 0 Å². The highest BCUT2D eigenvalue weighted by atomic mass is 16.1. The van der Waals surface area contributed by atoms with Crippen LogP contribution in [0.1, 0.15) is 19.8 Å². The van der Waals surface area contributed by atoms with Gasteiger partial charge in [0.1, 0.15) is 11.6 Å². The second kappa shape index (κ2) is 8.76. The molecule has 0 aromatic carbocycles. The molecule has 2 heterocycles. The third-order valence-corrected chi connectivity index (χ3v) is 4.42. The van der Waals surface area contributed by atoms with Crippen molar-refractivity contribution in [1.82, 2.24) is 20.4 Å². The topological polar surface area (TPSA) is 71.4 Å². The van der Waals surface area contributed by atoms with Crippen LogP contribution in [0.2, 0.25) is 0 Å². The van der Waals surface area contributed by atoms with E-state index in [4.69, 9.17) is 0 Å². The molecule has 0 aromatic rings. The highest BCUT2D eigenvalue weighted by Gasteiger charge is 2.16. The fraction of sp³-hybridized carbons (Fsp3) is 0.750. The number of carbonyl (C=O) groups excluding carboxylic acids is 1. The van der Waals surface area contributed by atoms with Crippen molar-refractivity contribution in [2.45, 2.75) is 19.8 Å². The van der Waals surface area contributed by atoms with Crippen LogP contribution in [0.4, 0.5) is 0 Å². The highest BCUT2D eigenvalue weighted by molar-refractivity contribution is 5.97. The Labute approximate surface area is 133 Å². The van der Waals surface area contributed by atoms with Gasteiger partial charge in [-0.1, -0.05) is 6.92 Å². The van der Waals surface area contributed by atoms with Gasteiger partial charge in [-0.05, 0) is 18.8 Å². The molecule has 2 aliphatic rings. The number of hydrogen-bond donors (Lipinski definition) is 2. The van der Waals surface area contributed by atoms with Gasteiger partial charge in [-0.2, -0.15) is 5.26 Å². The second-order valence-corrected chi connectivity index (χ2v) is 6.22. The number of likely N-dealkylation sites (tertiary alicyclic amines) is 1. The first-order valence-electron chi connectivity index (χ1n) is 8.26. The number of piperazine rings is 1. The largest absolute Gasteiger partial charge is 0.376 e. The highest BCUT2D eigenvalue weighted by Crippen LogP contribution is 2.16. The van der Waals surface area contributed by atoms with Gasteiger partial charge in [0.05, 0.1) is 0 Å². The Hall–Kier alpha value is -1.58. The van der Waals surface area contributed by atoms with Crippen LogP contribution in [0.3, 0.4) is 0 Å². The SMILES string of the molecule is CC1CCN(/C=C(/C#N)C(=O)NCCN2CCNCC2)CC1. The molecule has 122 valence electrons. The minimum Gasteiger partial charge on any atom is -0.376 e. The molecule has 0 spiro atoms. The van der Waals surface area contributed by atoms with E-state index in [-0.39, 0.29) is 11.5 Å². The fourth-order valence-electron chi connectivity index (χ4n) is 2.84. The molecule has 2 fully saturated rings. The lowest BCUT2D eigenvalue weighted by Gasteiger charge is -2.29. The monoisotopic (exact) mass is 305 g/mol. The van der Waals surface area contributed by atoms with E-state index in [0.29, 0.717) is 6.54 Å². The summed E-state index contributed by atoms with van der Waals surface area (Å²) >= 11 is 0. The number of rotatable bonds is 5. The van der Waals surface area contributed by atoms with Crippen molar-refractivity contribution in [3.8, 4) is 6.07 Å². The third-order valence-electron chi connectivity index (χ3n) is 4.42. The summed E-state index contributed by atoms with van der Waals surface area (Å²) in [5.41, 5.74) is 0.217. The quantitative estimate of drug-likeness (QED) is 0.559. The molecule has 6 nitrogen and oxygen atoms in total. The van der Waals surface area contributed by atoms with Crippen LogP contribution >= 0.6 is 0 Å². The normalized spacial score (nSPS) is 21.5. The number of hydrogen-bond acceptors (Lipinski definition) is 5. The van der Waals surface area contributed by atoms with Crippen molar-refractivity contribution in [1.29, 1.82) is 5.26 Å². The maximum atomic E-state index is 12.1. The first kappa shape index (κ1) is 16.8. The maximum absolute atomic E-state index is 12.1. The Bertz CT molecular complexity index is 428. The summed E-state index contributed by atoms with van der Waals surface area (Å²) in [5, 5.41) is 15.4. The van der Waals surface area contributed by atoms with Gasteiger partial charge in [-0.15, -0.1) is 0 Å². The third kappa shape index (κ3) is 5.32. The van der Waals surface area contributed by atoms with Gasteiger partial charge < -0.3 is 15.5 Å². The summed E-state index contributed by atoms with van der Waals surface area (Å²) in [4.78, 5) is 16.5. The number of piperidine rings is 1. The average molecular weight is 305 g/mol. The Balaban J connectivity index is 1.75. The lowest BCUT2D eigenvalue weighted by molar-refractivity contribution is -0.117. The molecule has 2 rings (SSSR count). The molecule has 2 aliphatic heterocycles. The van der Waals surface area contributed by atoms with Crippen LogP contribution in [-0.4, -0.2) is 68.1 Å². The number of amides is 1. The molecular weight excluding hydrogens is 278 g/mol. The first-order valence-corrected chi connectivity index (χ1v) is 8.26. The lowest BCUT2D eigenvalue weighted by Crippen LogP contribution is -2.46. The molecule has 0 saturated carbocycles. The number of nitriles is 1. The van der Waals surface area contributed by atoms with Crippen LogP contribution in [0.15, 0.2) is 11.8 Å². The molecule has 2 saturated heterocycles. The van der Waals surface area contributed by atoms with Crippen molar-refractivity contribution < 1.29 is 4.79 Å². The van der Waals surface area contributed by atoms with Gasteiger partial charge in [-0.25, -0.2) is 0 Å². The number of carbonyl (C=O) groups is 1. The van der Waals surface area contributed by atoms with Crippen LogP contribution in [-0.2, 0) is 4.79 Å². The van der Waals surface area contributed by atoms with Crippen LogP contribution in [0.25, 0.3) is 0 Å².